The van der Waals surface area contributed by atoms with Gasteiger partial charge in [-0.05, 0) is 29.7 Å². The summed E-state index contributed by atoms with van der Waals surface area (Å²) >= 11 is 0. The van der Waals surface area contributed by atoms with E-state index in [2.05, 4.69) is 4.99 Å². The summed E-state index contributed by atoms with van der Waals surface area (Å²) in [6.07, 6.45) is 2.87. The molecule has 0 saturated carbocycles. The van der Waals surface area contributed by atoms with Gasteiger partial charge in [-0.2, -0.15) is 0 Å². The van der Waals surface area contributed by atoms with Gasteiger partial charge in [0.25, 0.3) is 0 Å². The van der Waals surface area contributed by atoms with Crippen molar-refractivity contribution in [2.45, 2.75) is 6.42 Å². The number of hydrogen-bond acceptors (Lipinski definition) is 3. The van der Waals surface area contributed by atoms with Crippen molar-refractivity contribution in [1.82, 2.24) is 0 Å². The number of hydrogen-bond donors (Lipinski definition) is 0. The lowest BCUT2D eigenvalue weighted by molar-refractivity contribution is 0.354. The highest BCUT2D eigenvalue weighted by atomic mass is 35.5. The summed E-state index contributed by atoms with van der Waals surface area (Å²) in [5.74, 6) is 1.56. The lowest BCUT2D eigenvalue weighted by Crippen LogP contribution is -2.04. The number of nitrogens with zero attached hydrogens (tertiary/aromatic N) is 1. The highest BCUT2D eigenvalue weighted by Crippen LogP contribution is 2.30. The number of benzene rings is 1. The third-order valence-corrected chi connectivity index (χ3v) is 2.39. The molecule has 15 heavy (non-hydrogen) atoms. The van der Waals surface area contributed by atoms with Crippen LogP contribution in [0.2, 0.25) is 0 Å². The first-order valence-electron chi connectivity index (χ1n) is 4.60. The molecule has 0 saturated heterocycles. The molecule has 0 amide bonds. The van der Waals surface area contributed by atoms with E-state index in [0.717, 1.165) is 30.0 Å². The number of halogens is 1. The van der Waals surface area contributed by atoms with E-state index in [9.17, 15) is 0 Å². The minimum Gasteiger partial charge on any atom is -0.493 e. The number of ether oxygens (including phenoxy) is 2. The fraction of sp³-hybridized carbons (Fsp3) is 0.364. The average Bonchev–Trinajstić information content (AvgIpc) is 2.27. The second-order valence-electron chi connectivity index (χ2n) is 3.19. The summed E-state index contributed by atoms with van der Waals surface area (Å²) in [4.78, 5) is 4.23. The third-order valence-electron chi connectivity index (χ3n) is 2.39. The topological polar surface area (TPSA) is 30.8 Å². The average molecular weight is 228 g/mol. The molecule has 0 radical (unpaired) electrons. The molecule has 1 aromatic rings. The van der Waals surface area contributed by atoms with Gasteiger partial charge in [0.2, 0.25) is 0 Å². The van der Waals surface area contributed by atoms with E-state index >= 15 is 0 Å². The zero-order valence-corrected chi connectivity index (χ0v) is 9.63. The zero-order valence-electron chi connectivity index (χ0n) is 8.82. The quantitative estimate of drug-likeness (QED) is 0.775. The summed E-state index contributed by atoms with van der Waals surface area (Å²) in [5.41, 5.74) is 2.41. The molecule has 1 aliphatic rings. The Hall–Kier alpha value is -1.22. The molecule has 2 rings (SSSR count). The molecule has 1 aliphatic heterocycles. The SMILES string of the molecule is COc1cc2c(cc1OC)CCN=C2.Cl. The van der Waals surface area contributed by atoms with Crippen molar-refractivity contribution in [1.29, 1.82) is 0 Å². The summed E-state index contributed by atoms with van der Waals surface area (Å²) in [7, 11) is 3.30. The maximum atomic E-state index is 5.23. The number of aliphatic imine (C=N–C) groups is 1. The molecule has 0 spiro atoms. The van der Waals surface area contributed by atoms with Crippen LogP contribution in [-0.2, 0) is 6.42 Å². The van der Waals surface area contributed by atoms with Gasteiger partial charge in [0.1, 0.15) is 0 Å². The normalized spacial score (nSPS) is 12.7. The minimum atomic E-state index is 0. The van der Waals surface area contributed by atoms with Crippen LogP contribution in [0.4, 0.5) is 0 Å². The van der Waals surface area contributed by atoms with E-state index in [0.29, 0.717) is 0 Å². The van der Waals surface area contributed by atoms with Crippen LogP contribution < -0.4 is 9.47 Å². The van der Waals surface area contributed by atoms with Gasteiger partial charge in [0.15, 0.2) is 11.5 Å². The molecule has 1 aromatic carbocycles. The highest BCUT2D eigenvalue weighted by molar-refractivity contribution is 5.85. The van der Waals surface area contributed by atoms with Gasteiger partial charge in [-0.1, -0.05) is 0 Å². The van der Waals surface area contributed by atoms with Gasteiger partial charge in [-0.25, -0.2) is 0 Å². The Morgan fingerprint density at radius 1 is 1.13 bits per heavy atom. The van der Waals surface area contributed by atoms with Crippen molar-refractivity contribution in [3.05, 3.63) is 23.3 Å². The van der Waals surface area contributed by atoms with E-state index in [1.165, 1.54) is 5.56 Å². The summed E-state index contributed by atoms with van der Waals surface area (Å²) in [5, 5.41) is 0. The van der Waals surface area contributed by atoms with E-state index in [4.69, 9.17) is 9.47 Å². The second-order valence-corrected chi connectivity index (χ2v) is 3.19. The van der Waals surface area contributed by atoms with Crippen LogP contribution in [0, 0.1) is 0 Å². The third kappa shape index (κ3) is 2.23. The fourth-order valence-electron chi connectivity index (χ4n) is 1.62. The van der Waals surface area contributed by atoms with E-state index in [1.54, 1.807) is 14.2 Å². The molecule has 0 fully saturated rings. The van der Waals surface area contributed by atoms with Crippen molar-refractivity contribution in [2.24, 2.45) is 4.99 Å². The van der Waals surface area contributed by atoms with Crippen molar-refractivity contribution in [3.8, 4) is 11.5 Å². The molecular weight excluding hydrogens is 214 g/mol. The molecule has 0 unspecified atom stereocenters. The van der Waals surface area contributed by atoms with Gasteiger partial charge >= 0.3 is 0 Å². The van der Waals surface area contributed by atoms with Gasteiger partial charge in [0, 0.05) is 12.8 Å². The Kier molecular flexibility index (Phi) is 3.97. The molecule has 0 atom stereocenters. The lowest BCUT2D eigenvalue weighted by Gasteiger charge is -2.14. The molecule has 3 nitrogen and oxygen atoms in total. The number of methoxy groups -OCH3 is 2. The summed E-state index contributed by atoms with van der Waals surface area (Å²) < 4.78 is 10.4. The summed E-state index contributed by atoms with van der Waals surface area (Å²) in [6.45, 7) is 0.864. The Morgan fingerprint density at radius 3 is 2.47 bits per heavy atom. The zero-order chi connectivity index (χ0) is 9.97. The molecule has 1 heterocycles. The maximum Gasteiger partial charge on any atom is 0.161 e. The molecule has 0 N–H and O–H groups in total. The van der Waals surface area contributed by atoms with Crippen molar-refractivity contribution >= 4 is 18.6 Å². The van der Waals surface area contributed by atoms with Gasteiger partial charge in [-0.15, -0.1) is 12.4 Å². The first-order valence-corrected chi connectivity index (χ1v) is 4.60. The minimum absolute atomic E-state index is 0. The van der Waals surface area contributed by atoms with Gasteiger partial charge < -0.3 is 9.47 Å². The maximum absolute atomic E-state index is 5.23. The van der Waals surface area contributed by atoms with Crippen LogP contribution in [0.3, 0.4) is 0 Å². The second kappa shape index (κ2) is 5.03. The highest BCUT2D eigenvalue weighted by Gasteiger charge is 2.11. The standard InChI is InChI=1S/C11H13NO2.ClH/c1-13-10-5-8-3-4-12-7-9(8)6-11(10)14-2;/h5-7H,3-4H2,1-2H3;1H. The number of rotatable bonds is 2. The van der Waals surface area contributed by atoms with Crippen LogP contribution in [0.15, 0.2) is 17.1 Å². The van der Waals surface area contributed by atoms with Crippen LogP contribution in [-0.4, -0.2) is 27.0 Å². The van der Waals surface area contributed by atoms with Gasteiger partial charge in [0.05, 0.1) is 14.2 Å². The Balaban J connectivity index is 0.00000112. The first kappa shape index (κ1) is 11.9. The van der Waals surface area contributed by atoms with Crippen LogP contribution >= 0.6 is 12.4 Å². The molecule has 82 valence electrons. The van der Waals surface area contributed by atoms with Crippen molar-refractivity contribution in [2.75, 3.05) is 20.8 Å². The summed E-state index contributed by atoms with van der Waals surface area (Å²) in [6, 6.07) is 4.00. The Morgan fingerprint density at radius 2 is 1.80 bits per heavy atom. The predicted octanol–water partition coefficient (Wildman–Crippen LogP) is 2.10. The van der Waals surface area contributed by atoms with Crippen LogP contribution in [0.25, 0.3) is 0 Å². The molecule has 0 aliphatic carbocycles. The van der Waals surface area contributed by atoms with E-state index in [1.807, 2.05) is 18.3 Å². The largest absolute Gasteiger partial charge is 0.493 e. The molecule has 4 heteroatoms. The molecule has 0 aromatic heterocycles. The number of fused-ring (bicyclic) bond motifs is 1. The molecular formula is C11H14ClNO2. The predicted molar refractivity (Wildman–Crippen MR) is 63.0 cm³/mol. The van der Waals surface area contributed by atoms with E-state index in [-0.39, 0.29) is 12.4 Å². The Bertz CT molecular complexity index is 377. The first-order chi connectivity index (χ1) is 6.85. The molecule has 0 bridgehead atoms. The van der Waals surface area contributed by atoms with Crippen molar-refractivity contribution in [3.63, 3.8) is 0 Å². The van der Waals surface area contributed by atoms with Crippen molar-refractivity contribution < 1.29 is 9.47 Å². The van der Waals surface area contributed by atoms with E-state index < -0.39 is 0 Å². The fourth-order valence-corrected chi connectivity index (χ4v) is 1.62. The van der Waals surface area contributed by atoms with Gasteiger partial charge in [-0.3, -0.25) is 4.99 Å². The lowest BCUT2D eigenvalue weighted by atomic mass is 10.0. The smallest absolute Gasteiger partial charge is 0.161 e. The Labute approximate surface area is 95.5 Å². The van der Waals surface area contributed by atoms with Crippen LogP contribution in [0.5, 0.6) is 11.5 Å². The monoisotopic (exact) mass is 227 g/mol. The van der Waals surface area contributed by atoms with Crippen LogP contribution in [0.1, 0.15) is 11.1 Å².